The van der Waals surface area contributed by atoms with E-state index in [1.54, 1.807) is 0 Å². The maximum Gasteiger partial charge on any atom is 0.122 e. The van der Waals surface area contributed by atoms with Gasteiger partial charge in [-0.15, -0.1) is 0 Å². The topological polar surface area (TPSA) is 14.2 Å². The minimum atomic E-state index is 0.447. The van der Waals surface area contributed by atoms with Gasteiger partial charge in [-0.3, -0.25) is 0 Å². The second kappa shape index (κ2) is 4.41. The van der Waals surface area contributed by atoms with E-state index in [4.69, 9.17) is 4.74 Å². The SMILES string of the molecule is Cc1ccc2c(ccn2CC2COc3ccccc32)c1. The fourth-order valence-corrected chi connectivity index (χ4v) is 3.10. The van der Waals surface area contributed by atoms with Gasteiger partial charge >= 0.3 is 0 Å². The summed E-state index contributed by atoms with van der Waals surface area (Å²) in [6.45, 7) is 3.90. The van der Waals surface area contributed by atoms with E-state index in [1.807, 2.05) is 6.07 Å². The van der Waals surface area contributed by atoms with Crippen molar-refractivity contribution in [2.45, 2.75) is 19.4 Å². The van der Waals surface area contributed by atoms with E-state index in [2.05, 4.69) is 60.2 Å². The molecule has 20 heavy (non-hydrogen) atoms. The fraction of sp³-hybridized carbons (Fsp3) is 0.222. The van der Waals surface area contributed by atoms with Crippen molar-refractivity contribution in [2.75, 3.05) is 6.61 Å². The molecule has 2 heteroatoms. The standard InChI is InChI=1S/C18H17NO/c1-13-6-7-17-14(10-13)8-9-19(17)11-15-12-20-18-5-3-2-4-16(15)18/h2-10,15H,11-12H2,1H3. The molecule has 0 amide bonds. The minimum Gasteiger partial charge on any atom is -0.493 e. The van der Waals surface area contributed by atoms with Crippen molar-refractivity contribution < 1.29 is 4.74 Å². The van der Waals surface area contributed by atoms with Crippen LogP contribution in [-0.2, 0) is 6.54 Å². The van der Waals surface area contributed by atoms with Gasteiger partial charge < -0.3 is 9.30 Å². The summed E-state index contributed by atoms with van der Waals surface area (Å²) in [6, 6.07) is 17.2. The third-order valence-electron chi connectivity index (χ3n) is 4.14. The number of aromatic nitrogens is 1. The van der Waals surface area contributed by atoms with Gasteiger partial charge in [-0.2, -0.15) is 0 Å². The van der Waals surface area contributed by atoms with Crippen LogP contribution in [0.25, 0.3) is 10.9 Å². The van der Waals surface area contributed by atoms with Crippen molar-refractivity contribution in [1.82, 2.24) is 4.57 Å². The van der Waals surface area contributed by atoms with Gasteiger partial charge in [-0.1, -0.05) is 29.8 Å². The zero-order valence-electron chi connectivity index (χ0n) is 11.5. The van der Waals surface area contributed by atoms with Crippen LogP contribution in [-0.4, -0.2) is 11.2 Å². The van der Waals surface area contributed by atoms with Gasteiger partial charge in [0.1, 0.15) is 5.75 Å². The molecule has 3 aromatic rings. The Morgan fingerprint density at radius 3 is 3.00 bits per heavy atom. The van der Waals surface area contributed by atoms with Crippen LogP contribution in [0.15, 0.2) is 54.7 Å². The van der Waals surface area contributed by atoms with Crippen LogP contribution in [0.4, 0.5) is 0 Å². The first-order valence-electron chi connectivity index (χ1n) is 7.08. The number of benzene rings is 2. The third kappa shape index (κ3) is 1.80. The van der Waals surface area contributed by atoms with Crippen molar-refractivity contribution >= 4 is 10.9 Å². The number of hydrogen-bond acceptors (Lipinski definition) is 1. The summed E-state index contributed by atoms with van der Waals surface area (Å²) in [6.07, 6.45) is 2.19. The monoisotopic (exact) mass is 263 g/mol. The number of para-hydroxylation sites is 1. The second-order valence-corrected chi connectivity index (χ2v) is 5.58. The normalized spacial score (nSPS) is 17.1. The highest BCUT2D eigenvalue weighted by molar-refractivity contribution is 5.80. The van der Waals surface area contributed by atoms with E-state index in [0.29, 0.717) is 5.92 Å². The molecule has 1 unspecified atom stereocenters. The van der Waals surface area contributed by atoms with Gasteiger partial charge in [0, 0.05) is 29.7 Å². The summed E-state index contributed by atoms with van der Waals surface area (Å²) in [7, 11) is 0. The Morgan fingerprint density at radius 2 is 2.05 bits per heavy atom. The molecular formula is C18H17NO. The molecule has 0 aliphatic carbocycles. The van der Waals surface area contributed by atoms with Crippen molar-refractivity contribution in [3.05, 3.63) is 65.9 Å². The molecule has 0 fully saturated rings. The lowest BCUT2D eigenvalue weighted by atomic mass is 10.0. The number of hydrogen-bond donors (Lipinski definition) is 0. The van der Waals surface area contributed by atoms with Crippen LogP contribution in [0.5, 0.6) is 5.75 Å². The van der Waals surface area contributed by atoms with Crippen molar-refractivity contribution in [2.24, 2.45) is 0 Å². The number of fused-ring (bicyclic) bond motifs is 2. The smallest absolute Gasteiger partial charge is 0.122 e. The lowest BCUT2D eigenvalue weighted by Crippen LogP contribution is -2.09. The van der Waals surface area contributed by atoms with Gasteiger partial charge in [-0.05, 0) is 36.6 Å². The lowest BCUT2D eigenvalue weighted by Gasteiger charge is -2.11. The van der Waals surface area contributed by atoms with Crippen molar-refractivity contribution in [3.8, 4) is 5.75 Å². The molecule has 1 aliphatic heterocycles. The van der Waals surface area contributed by atoms with E-state index < -0.39 is 0 Å². The fourth-order valence-electron chi connectivity index (χ4n) is 3.10. The zero-order chi connectivity index (χ0) is 13.5. The molecule has 0 radical (unpaired) electrons. The predicted molar refractivity (Wildman–Crippen MR) is 81.4 cm³/mol. The molecule has 100 valence electrons. The molecule has 2 aromatic carbocycles. The molecule has 1 aromatic heterocycles. The van der Waals surface area contributed by atoms with Crippen molar-refractivity contribution in [1.29, 1.82) is 0 Å². The van der Waals surface area contributed by atoms with Crippen LogP contribution < -0.4 is 4.74 Å². The quantitative estimate of drug-likeness (QED) is 0.678. The number of ether oxygens (including phenoxy) is 1. The molecular weight excluding hydrogens is 246 g/mol. The molecule has 2 nitrogen and oxygen atoms in total. The molecule has 2 heterocycles. The largest absolute Gasteiger partial charge is 0.493 e. The highest BCUT2D eigenvalue weighted by Gasteiger charge is 2.24. The summed E-state index contributed by atoms with van der Waals surface area (Å²) >= 11 is 0. The van der Waals surface area contributed by atoms with Crippen LogP contribution in [0.3, 0.4) is 0 Å². The molecule has 1 aliphatic rings. The Bertz CT molecular complexity index is 772. The first kappa shape index (κ1) is 11.6. The van der Waals surface area contributed by atoms with Gasteiger partial charge in [0.05, 0.1) is 6.61 Å². The average molecular weight is 263 g/mol. The molecule has 0 saturated carbocycles. The number of aryl methyl sites for hydroxylation is 1. The van der Waals surface area contributed by atoms with E-state index in [9.17, 15) is 0 Å². The summed E-state index contributed by atoms with van der Waals surface area (Å²) < 4.78 is 8.12. The highest BCUT2D eigenvalue weighted by Crippen LogP contribution is 2.35. The van der Waals surface area contributed by atoms with Gasteiger partial charge in [0.2, 0.25) is 0 Å². The molecule has 0 spiro atoms. The Labute approximate surface area is 118 Å². The van der Waals surface area contributed by atoms with E-state index >= 15 is 0 Å². The Balaban J connectivity index is 1.69. The lowest BCUT2D eigenvalue weighted by molar-refractivity contribution is 0.320. The molecule has 0 N–H and O–H groups in total. The molecule has 0 bridgehead atoms. The second-order valence-electron chi connectivity index (χ2n) is 5.58. The van der Waals surface area contributed by atoms with Crippen LogP contribution >= 0.6 is 0 Å². The van der Waals surface area contributed by atoms with E-state index in [-0.39, 0.29) is 0 Å². The molecule has 0 saturated heterocycles. The van der Waals surface area contributed by atoms with Crippen molar-refractivity contribution in [3.63, 3.8) is 0 Å². The summed E-state index contributed by atoms with van der Waals surface area (Å²) in [4.78, 5) is 0. The maximum atomic E-state index is 5.78. The molecule has 4 rings (SSSR count). The summed E-state index contributed by atoms with van der Waals surface area (Å²) in [5.74, 6) is 1.49. The van der Waals surface area contributed by atoms with Gasteiger partial charge in [0.15, 0.2) is 0 Å². The van der Waals surface area contributed by atoms with Crippen LogP contribution in [0.2, 0.25) is 0 Å². The third-order valence-corrected chi connectivity index (χ3v) is 4.14. The first-order valence-corrected chi connectivity index (χ1v) is 7.08. The van der Waals surface area contributed by atoms with Gasteiger partial charge in [0.25, 0.3) is 0 Å². The highest BCUT2D eigenvalue weighted by atomic mass is 16.5. The first-order chi connectivity index (χ1) is 9.81. The van der Waals surface area contributed by atoms with E-state index in [0.717, 1.165) is 18.9 Å². The Kier molecular flexibility index (Phi) is 2.56. The molecule has 1 atom stereocenters. The minimum absolute atomic E-state index is 0.447. The average Bonchev–Trinajstić information content (AvgIpc) is 3.04. The van der Waals surface area contributed by atoms with Gasteiger partial charge in [-0.25, -0.2) is 0 Å². The summed E-state index contributed by atoms with van der Waals surface area (Å²) in [5, 5.41) is 1.32. The Hall–Kier alpha value is -2.22. The summed E-state index contributed by atoms with van der Waals surface area (Å²) in [5.41, 5.74) is 3.95. The Morgan fingerprint density at radius 1 is 1.15 bits per heavy atom. The maximum absolute atomic E-state index is 5.78. The number of rotatable bonds is 2. The zero-order valence-corrected chi connectivity index (χ0v) is 11.5. The van der Waals surface area contributed by atoms with Crippen LogP contribution in [0.1, 0.15) is 17.0 Å². The number of nitrogens with zero attached hydrogens (tertiary/aromatic N) is 1. The van der Waals surface area contributed by atoms with Crippen LogP contribution in [0, 0.1) is 6.92 Å². The predicted octanol–water partition coefficient (Wildman–Crippen LogP) is 4.13. The van der Waals surface area contributed by atoms with E-state index in [1.165, 1.54) is 22.0 Å².